The molecule has 158 valence electrons. The number of benzene rings is 1. The van der Waals surface area contributed by atoms with Crippen LogP contribution in [0.5, 0.6) is 0 Å². The van der Waals surface area contributed by atoms with Gasteiger partial charge in [0.2, 0.25) is 0 Å². The van der Waals surface area contributed by atoms with Crippen molar-refractivity contribution in [3.63, 3.8) is 0 Å². The highest BCUT2D eigenvalue weighted by molar-refractivity contribution is 5.13. The first-order chi connectivity index (χ1) is 13.3. The Morgan fingerprint density at radius 2 is 0.852 bits per heavy atom. The number of methoxy groups -OCH3 is 1. The molecular weight excluding hydrogens is 336 g/mol. The van der Waals surface area contributed by atoms with E-state index in [1.807, 2.05) is 30.3 Å². The lowest BCUT2D eigenvalue weighted by atomic mass is 10.2. The maximum Gasteiger partial charge on any atom is 0.0713 e. The zero-order valence-electron chi connectivity index (χ0n) is 17.7. The fourth-order valence-electron chi connectivity index (χ4n) is 0.741. The molecule has 2 N–H and O–H groups in total. The predicted octanol–water partition coefficient (Wildman–Crippen LogP) is 6.42. The van der Waals surface area contributed by atoms with E-state index < -0.39 is 0 Å². The van der Waals surface area contributed by atoms with Crippen LogP contribution in [0.3, 0.4) is 0 Å². The summed E-state index contributed by atoms with van der Waals surface area (Å²) in [7, 11) is 1.70. The van der Waals surface area contributed by atoms with E-state index in [0.717, 1.165) is 0 Å². The van der Waals surface area contributed by atoms with Crippen LogP contribution in [-0.4, -0.2) is 30.5 Å². The van der Waals surface area contributed by atoms with Gasteiger partial charge in [-0.15, -0.1) is 92.1 Å². The van der Waals surface area contributed by atoms with Crippen molar-refractivity contribution >= 4 is 0 Å². The molecule has 3 nitrogen and oxygen atoms in total. The second-order valence-electron chi connectivity index (χ2n) is 2.37. The van der Waals surface area contributed by atoms with Crippen LogP contribution in [0.4, 0.5) is 0 Å². The Kier molecular flexibility index (Phi) is 247. The summed E-state index contributed by atoms with van der Waals surface area (Å²) in [6.45, 7) is 42.5. The number of rotatable bonds is 3. The van der Waals surface area contributed by atoms with Crippen LogP contribution in [-0.2, 0) is 11.3 Å². The molecule has 0 aliphatic rings. The van der Waals surface area contributed by atoms with Gasteiger partial charge in [0.05, 0.1) is 19.8 Å². The minimum atomic E-state index is -0.125. The van der Waals surface area contributed by atoms with Gasteiger partial charge in [0.15, 0.2) is 0 Å². The van der Waals surface area contributed by atoms with Crippen LogP contribution >= 0.6 is 0 Å². The largest absolute Gasteiger partial charge is 0.394 e. The average Bonchev–Trinajstić information content (AvgIpc) is 2.84. The van der Waals surface area contributed by atoms with Crippen LogP contribution in [0.25, 0.3) is 0 Å². The highest BCUT2D eigenvalue weighted by Gasteiger charge is 1.84. The van der Waals surface area contributed by atoms with Gasteiger partial charge in [-0.05, 0) is 5.56 Å². The van der Waals surface area contributed by atoms with Gasteiger partial charge in [-0.2, -0.15) is 0 Å². The summed E-state index contributed by atoms with van der Waals surface area (Å²) >= 11 is 0. The third-order valence-electron chi connectivity index (χ3n) is 1.25. The molecule has 1 aromatic rings. The van der Waals surface area contributed by atoms with E-state index in [-0.39, 0.29) is 13.2 Å². The minimum Gasteiger partial charge on any atom is -0.394 e. The molecule has 3 heteroatoms. The summed E-state index contributed by atoms with van der Waals surface area (Å²) in [4.78, 5) is 0. The fraction of sp³-hybridized carbons (Fsp3) is 0.167. The summed E-state index contributed by atoms with van der Waals surface area (Å²) < 4.78 is 4.93. The molecule has 0 unspecified atom stereocenters. The quantitative estimate of drug-likeness (QED) is 0.595. The maximum absolute atomic E-state index is 7.62. The van der Waals surface area contributed by atoms with Crippen molar-refractivity contribution in [2.45, 2.75) is 6.61 Å². The van der Waals surface area contributed by atoms with E-state index in [9.17, 15) is 0 Å². The number of hydrogen-bond acceptors (Lipinski definition) is 3. The number of ether oxygens (including phenoxy) is 1. The molecule has 27 heavy (non-hydrogen) atoms. The molecule has 0 fully saturated rings. The second kappa shape index (κ2) is 134. The van der Waals surface area contributed by atoms with Crippen molar-refractivity contribution < 1.29 is 14.9 Å². The number of aliphatic hydroxyl groups excluding tert-OH is 2. The summed E-state index contributed by atoms with van der Waals surface area (Å²) in [5.74, 6) is 0. The predicted molar refractivity (Wildman–Crippen MR) is 130 cm³/mol. The van der Waals surface area contributed by atoms with Crippen LogP contribution in [0.15, 0.2) is 122 Å². The van der Waals surface area contributed by atoms with E-state index in [1.165, 1.54) is 5.56 Å². The molecule has 0 radical (unpaired) electrons. The maximum atomic E-state index is 7.62. The van der Waals surface area contributed by atoms with Crippen molar-refractivity contribution in [2.75, 3.05) is 20.3 Å². The van der Waals surface area contributed by atoms with Crippen LogP contribution in [0.2, 0.25) is 0 Å². The van der Waals surface area contributed by atoms with Crippen LogP contribution in [0, 0.1) is 0 Å². The average molecular weight is 381 g/mol. The number of hydrogen-bond donors (Lipinski definition) is 2. The van der Waals surface area contributed by atoms with Gasteiger partial charge >= 0.3 is 0 Å². The van der Waals surface area contributed by atoms with Crippen molar-refractivity contribution in [3.05, 3.63) is 128 Å². The molecule has 0 bridgehead atoms. The van der Waals surface area contributed by atoms with E-state index in [1.54, 1.807) is 7.11 Å². The van der Waals surface area contributed by atoms with Crippen molar-refractivity contribution in [3.8, 4) is 0 Å². The van der Waals surface area contributed by atoms with Crippen LogP contribution in [0.1, 0.15) is 5.56 Å². The summed E-state index contributed by atoms with van der Waals surface area (Å²) in [6, 6.07) is 10.1. The first-order valence-electron chi connectivity index (χ1n) is 7.59. The van der Waals surface area contributed by atoms with Gasteiger partial charge in [-0.25, -0.2) is 0 Å². The Balaban J connectivity index is -0.0000000288. The standard InChI is InChI=1S/C8H10O.C2H6O2.7C2H4/c1-9-7-8-5-3-2-4-6-8;3-1-2-4;7*1-2/h2-6H,7H2,1H3;3-4H,1-2H2;7*1-2H2. The van der Waals surface area contributed by atoms with Crippen molar-refractivity contribution in [1.82, 2.24) is 0 Å². The Morgan fingerprint density at radius 1 is 0.593 bits per heavy atom. The molecule has 0 heterocycles. The lowest BCUT2D eigenvalue weighted by Crippen LogP contribution is -1.85. The molecule has 1 aromatic carbocycles. The molecule has 1 rings (SSSR count). The van der Waals surface area contributed by atoms with Gasteiger partial charge in [0.1, 0.15) is 0 Å². The number of aliphatic hydroxyl groups is 2. The Morgan fingerprint density at radius 3 is 1.04 bits per heavy atom. The van der Waals surface area contributed by atoms with Gasteiger partial charge < -0.3 is 14.9 Å². The molecule has 0 aliphatic heterocycles. The van der Waals surface area contributed by atoms with Gasteiger partial charge in [-0.3, -0.25) is 0 Å². The Bertz CT molecular complexity index is 255. The Hall–Kier alpha value is -2.72. The third-order valence-corrected chi connectivity index (χ3v) is 1.25. The fourth-order valence-corrected chi connectivity index (χ4v) is 0.741. The highest BCUT2D eigenvalue weighted by Crippen LogP contribution is 1.98. The minimum absolute atomic E-state index is 0.125. The monoisotopic (exact) mass is 380 g/mol. The van der Waals surface area contributed by atoms with Crippen LogP contribution < -0.4 is 0 Å². The first kappa shape index (κ1) is 49.6. The van der Waals surface area contributed by atoms with Gasteiger partial charge in [0.25, 0.3) is 0 Å². The van der Waals surface area contributed by atoms with Crippen molar-refractivity contribution in [1.29, 1.82) is 0 Å². The molecule has 0 atom stereocenters. The van der Waals surface area contributed by atoms with E-state index in [4.69, 9.17) is 14.9 Å². The van der Waals surface area contributed by atoms with E-state index in [2.05, 4.69) is 92.1 Å². The Labute approximate surface area is 170 Å². The van der Waals surface area contributed by atoms with E-state index in [0.29, 0.717) is 6.61 Å². The zero-order chi connectivity index (χ0) is 23.9. The summed E-state index contributed by atoms with van der Waals surface area (Å²) in [6.07, 6.45) is 0. The molecule has 0 saturated heterocycles. The normalized spacial score (nSPS) is 5.30. The molecule has 0 aromatic heterocycles. The molecular formula is C24H44O3. The third kappa shape index (κ3) is 122. The first-order valence-corrected chi connectivity index (χ1v) is 7.59. The molecule has 0 aliphatic carbocycles. The van der Waals surface area contributed by atoms with E-state index >= 15 is 0 Å². The second-order valence-corrected chi connectivity index (χ2v) is 2.37. The molecule has 0 saturated carbocycles. The molecule has 0 spiro atoms. The van der Waals surface area contributed by atoms with Gasteiger partial charge in [-0.1, -0.05) is 30.3 Å². The zero-order valence-corrected chi connectivity index (χ0v) is 17.7. The van der Waals surface area contributed by atoms with Crippen molar-refractivity contribution in [2.24, 2.45) is 0 Å². The topological polar surface area (TPSA) is 49.7 Å². The summed E-state index contributed by atoms with van der Waals surface area (Å²) in [5, 5.41) is 15.2. The van der Waals surface area contributed by atoms with Gasteiger partial charge in [0, 0.05) is 7.11 Å². The smallest absolute Gasteiger partial charge is 0.0713 e. The highest BCUT2D eigenvalue weighted by atomic mass is 16.5. The molecule has 0 amide bonds. The summed E-state index contributed by atoms with van der Waals surface area (Å²) in [5.41, 5.74) is 1.22. The lowest BCUT2D eigenvalue weighted by molar-refractivity contribution is 0.185. The SMILES string of the molecule is C=C.C=C.C=C.C=C.C=C.C=C.C=C.COCc1ccccc1.OCCO. The lowest BCUT2D eigenvalue weighted by Gasteiger charge is -1.95.